The summed E-state index contributed by atoms with van der Waals surface area (Å²) in [6, 6.07) is 0.612. The third kappa shape index (κ3) is 3.19. The van der Waals surface area contributed by atoms with Crippen molar-refractivity contribution >= 4 is 6.03 Å². The summed E-state index contributed by atoms with van der Waals surface area (Å²) in [7, 11) is 1.74. The Labute approximate surface area is 128 Å². The first kappa shape index (κ1) is 16.6. The number of ether oxygens (including phenoxy) is 1. The molecule has 0 radical (unpaired) electrons. The van der Waals surface area contributed by atoms with E-state index in [4.69, 9.17) is 9.84 Å². The Morgan fingerprint density at radius 2 is 2.00 bits per heavy atom. The summed E-state index contributed by atoms with van der Waals surface area (Å²) in [6.45, 7) is 7.35. The Morgan fingerprint density at radius 3 is 2.48 bits per heavy atom. The molecule has 2 rings (SSSR count). The van der Waals surface area contributed by atoms with E-state index in [2.05, 4.69) is 26.1 Å². The molecule has 5 heteroatoms. The van der Waals surface area contributed by atoms with Gasteiger partial charge >= 0.3 is 6.03 Å². The van der Waals surface area contributed by atoms with Gasteiger partial charge in [-0.1, -0.05) is 13.8 Å². The van der Waals surface area contributed by atoms with Crippen molar-refractivity contribution in [3.63, 3.8) is 0 Å². The number of nitrogens with one attached hydrogen (secondary N) is 1. The highest BCUT2D eigenvalue weighted by Gasteiger charge is 2.58. The van der Waals surface area contributed by atoms with Crippen LogP contribution < -0.4 is 5.32 Å². The van der Waals surface area contributed by atoms with Crippen molar-refractivity contribution in [1.29, 1.82) is 0 Å². The molecule has 0 aliphatic heterocycles. The first-order valence-electron chi connectivity index (χ1n) is 8.09. The number of aliphatic hydroxyl groups excluding tert-OH is 1. The SMILES string of the molecule is COC1(C)CC(NC(=O)N(CCCCO)C2CC2)C1(C)C. The van der Waals surface area contributed by atoms with Crippen LogP contribution in [0.25, 0.3) is 0 Å². The number of hydrogen-bond acceptors (Lipinski definition) is 3. The lowest BCUT2D eigenvalue weighted by Gasteiger charge is -2.59. The van der Waals surface area contributed by atoms with Gasteiger partial charge in [-0.3, -0.25) is 0 Å². The highest BCUT2D eigenvalue weighted by molar-refractivity contribution is 5.75. The van der Waals surface area contributed by atoms with Gasteiger partial charge in [-0.25, -0.2) is 4.79 Å². The van der Waals surface area contributed by atoms with Crippen molar-refractivity contribution in [2.45, 2.75) is 70.6 Å². The summed E-state index contributed by atoms with van der Waals surface area (Å²) in [5.41, 5.74) is -0.218. The van der Waals surface area contributed by atoms with Crippen LogP contribution in [0.3, 0.4) is 0 Å². The predicted molar refractivity (Wildman–Crippen MR) is 82.2 cm³/mol. The molecule has 0 bridgehead atoms. The predicted octanol–water partition coefficient (Wildman–Crippen LogP) is 2.14. The number of rotatable bonds is 7. The van der Waals surface area contributed by atoms with Crippen LogP contribution in [0, 0.1) is 5.41 Å². The van der Waals surface area contributed by atoms with Crippen LogP contribution in [0.2, 0.25) is 0 Å². The van der Waals surface area contributed by atoms with Gasteiger partial charge in [-0.15, -0.1) is 0 Å². The quantitative estimate of drug-likeness (QED) is 0.708. The number of carbonyl (C=O) groups excluding carboxylic acids is 1. The zero-order chi connectivity index (χ0) is 15.7. The van der Waals surface area contributed by atoms with E-state index in [-0.39, 0.29) is 29.7 Å². The fourth-order valence-corrected chi connectivity index (χ4v) is 3.19. The number of urea groups is 1. The number of carbonyl (C=O) groups is 1. The topological polar surface area (TPSA) is 61.8 Å². The molecular formula is C16H30N2O3. The van der Waals surface area contributed by atoms with E-state index in [0.717, 1.165) is 38.6 Å². The minimum Gasteiger partial charge on any atom is -0.396 e. The van der Waals surface area contributed by atoms with E-state index in [1.54, 1.807) is 7.11 Å². The summed E-state index contributed by atoms with van der Waals surface area (Å²) < 4.78 is 5.61. The molecule has 2 saturated carbocycles. The van der Waals surface area contributed by atoms with Gasteiger partial charge in [0.2, 0.25) is 0 Å². The Hall–Kier alpha value is -0.810. The standard InChI is InChI=1S/C16H30N2O3/c1-15(2)13(11-16(15,3)21-4)17-14(20)18(12-7-8-12)9-5-6-10-19/h12-13,19H,5-11H2,1-4H3,(H,17,20). The molecule has 21 heavy (non-hydrogen) atoms. The number of nitrogens with zero attached hydrogens (tertiary/aromatic N) is 1. The largest absolute Gasteiger partial charge is 0.396 e. The molecule has 2 amide bonds. The molecule has 2 fully saturated rings. The van der Waals surface area contributed by atoms with Crippen LogP contribution in [-0.4, -0.2) is 54.0 Å². The van der Waals surface area contributed by atoms with Crippen molar-refractivity contribution in [3.8, 4) is 0 Å². The number of methoxy groups -OCH3 is 1. The van der Waals surface area contributed by atoms with Crippen LogP contribution in [-0.2, 0) is 4.74 Å². The molecule has 0 aromatic carbocycles. The van der Waals surface area contributed by atoms with Crippen LogP contribution in [0.15, 0.2) is 0 Å². The second-order valence-electron chi connectivity index (χ2n) is 7.22. The van der Waals surface area contributed by atoms with E-state index in [9.17, 15) is 4.79 Å². The Bertz CT molecular complexity index is 382. The third-order valence-electron chi connectivity index (χ3n) is 5.63. The summed E-state index contributed by atoms with van der Waals surface area (Å²) in [5.74, 6) is 0. The molecule has 0 aromatic rings. The van der Waals surface area contributed by atoms with Crippen molar-refractivity contribution in [2.75, 3.05) is 20.3 Å². The van der Waals surface area contributed by atoms with Gasteiger partial charge in [-0.2, -0.15) is 0 Å². The van der Waals surface area contributed by atoms with Crippen LogP contribution in [0.5, 0.6) is 0 Å². The molecule has 2 N–H and O–H groups in total. The molecule has 0 heterocycles. The van der Waals surface area contributed by atoms with Crippen molar-refractivity contribution < 1.29 is 14.6 Å². The molecule has 5 nitrogen and oxygen atoms in total. The summed E-state index contributed by atoms with van der Waals surface area (Å²) in [6.07, 6.45) is 4.70. The van der Waals surface area contributed by atoms with Crippen LogP contribution in [0.1, 0.15) is 52.9 Å². The lowest BCUT2D eigenvalue weighted by Crippen LogP contribution is -2.69. The van der Waals surface area contributed by atoms with E-state index in [1.807, 2.05) is 4.90 Å². The molecule has 2 atom stereocenters. The maximum absolute atomic E-state index is 12.5. The molecule has 2 aliphatic rings. The second-order valence-corrected chi connectivity index (χ2v) is 7.22. The van der Waals surface area contributed by atoms with E-state index >= 15 is 0 Å². The van der Waals surface area contributed by atoms with E-state index < -0.39 is 0 Å². The number of aliphatic hydroxyl groups is 1. The van der Waals surface area contributed by atoms with Gasteiger partial charge in [-0.05, 0) is 39.0 Å². The summed E-state index contributed by atoms with van der Waals surface area (Å²) >= 11 is 0. The summed E-state index contributed by atoms with van der Waals surface area (Å²) in [5, 5.41) is 12.1. The van der Waals surface area contributed by atoms with Gasteiger partial charge in [0, 0.05) is 37.8 Å². The van der Waals surface area contributed by atoms with Crippen molar-refractivity contribution in [2.24, 2.45) is 5.41 Å². The first-order chi connectivity index (χ1) is 9.85. The summed E-state index contributed by atoms with van der Waals surface area (Å²) in [4.78, 5) is 14.5. The minimum absolute atomic E-state index is 0.0478. The molecular weight excluding hydrogens is 268 g/mol. The Balaban J connectivity index is 1.88. The Morgan fingerprint density at radius 1 is 1.33 bits per heavy atom. The van der Waals surface area contributed by atoms with Crippen LogP contribution in [0.4, 0.5) is 4.79 Å². The lowest BCUT2D eigenvalue weighted by molar-refractivity contribution is -0.177. The molecule has 122 valence electrons. The first-order valence-corrected chi connectivity index (χ1v) is 8.09. The minimum atomic E-state index is -0.160. The normalized spacial score (nSPS) is 30.6. The second kappa shape index (κ2) is 6.13. The van der Waals surface area contributed by atoms with E-state index in [0.29, 0.717) is 6.04 Å². The fraction of sp³-hybridized carbons (Fsp3) is 0.938. The monoisotopic (exact) mass is 298 g/mol. The van der Waals surface area contributed by atoms with Crippen LogP contribution >= 0.6 is 0 Å². The average Bonchev–Trinajstić information content (AvgIpc) is 3.27. The highest BCUT2D eigenvalue weighted by atomic mass is 16.5. The fourth-order valence-electron chi connectivity index (χ4n) is 3.19. The van der Waals surface area contributed by atoms with Gasteiger partial charge in [0.25, 0.3) is 0 Å². The maximum atomic E-state index is 12.5. The molecule has 0 saturated heterocycles. The zero-order valence-electron chi connectivity index (χ0n) is 13.8. The average molecular weight is 298 g/mol. The van der Waals surface area contributed by atoms with Gasteiger partial charge in [0.1, 0.15) is 0 Å². The molecule has 0 aromatic heterocycles. The lowest BCUT2D eigenvalue weighted by atomic mass is 9.56. The number of unbranched alkanes of at least 4 members (excludes halogenated alkanes) is 1. The zero-order valence-corrected chi connectivity index (χ0v) is 13.8. The number of hydrogen-bond donors (Lipinski definition) is 2. The van der Waals surface area contributed by atoms with Gasteiger partial charge in [0.05, 0.1) is 5.60 Å². The molecule has 2 unspecified atom stereocenters. The van der Waals surface area contributed by atoms with Crippen molar-refractivity contribution in [3.05, 3.63) is 0 Å². The molecule has 2 aliphatic carbocycles. The highest BCUT2D eigenvalue weighted by Crippen LogP contribution is 2.51. The molecule has 0 spiro atoms. The smallest absolute Gasteiger partial charge is 0.317 e. The number of amides is 2. The van der Waals surface area contributed by atoms with Gasteiger partial charge < -0.3 is 20.1 Å². The van der Waals surface area contributed by atoms with Gasteiger partial charge in [0.15, 0.2) is 0 Å². The Kier molecular flexibility index (Phi) is 4.83. The maximum Gasteiger partial charge on any atom is 0.317 e. The van der Waals surface area contributed by atoms with Crippen molar-refractivity contribution in [1.82, 2.24) is 10.2 Å². The third-order valence-corrected chi connectivity index (χ3v) is 5.63. The van der Waals surface area contributed by atoms with E-state index in [1.165, 1.54) is 0 Å².